The van der Waals surface area contributed by atoms with Crippen LogP contribution >= 0.6 is 11.8 Å². The molecule has 0 aromatic rings. The van der Waals surface area contributed by atoms with Crippen LogP contribution in [0, 0.1) is 0 Å². The molecule has 0 fully saturated rings. The highest BCUT2D eigenvalue weighted by atomic mass is 32.2. The van der Waals surface area contributed by atoms with E-state index in [1.54, 1.807) is 18.7 Å². The largest absolute Gasteiger partial charge is 0.394 e. The van der Waals surface area contributed by atoms with Gasteiger partial charge in [-0.15, -0.1) is 0 Å². The first-order chi connectivity index (χ1) is 6.58. The number of hydrogen-bond donors (Lipinski definition) is 3. The highest BCUT2D eigenvalue weighted by molar-refractivity contribution is 7.99. The molecule has 0 aromatic heterocycles. The van der Waals surface area contributed by atoms with Crippen molar-refractivity contribution in [2.24, 2.45) is 0 Å². The minimum atomic E-state index is -0.895. The highest BCUT2D eigenvalue weighted by Gasteiger charge is 2.23. The molecule has 5 heteroatoms. The molecule has 14 heavy (non-hydrogen) atoms. The normalized spacial score (nSPS) is 11.4. The molecule has 0 rings (SSSR count). The van der Waals surface area contributed by atoms with Gasteiger partial charge >= 0.3 is 0 Å². The van der Waals surface area contributed by atoms with E-state index in [-0.39, 0.29) is 19.1 Å². The van der Waals surface area contributed by atoms with Gasteiger partial charge in [0.1, 0.15) is 0 Å². The van der Waals surface area contributed by atoms with Gasteiger partial charge in [0, 0.05) is 12.2 Å². The zero-order valence-corrected chi connectivity index (χ0v) is 9.56. The summed E-state index contributed by atoms with van der Waals surface area (Å²) in [6, 6.07) is 0. The lowest BCUT2D eigenvalue weighted by molar-refractivity contribution is -0.123. The van der Waals surface area contributed by atoms with Crippen LogP contribution in [0.2, 0.25) is 0 Å². The number of hydrogen-bond acceptors (Lipinski definition) is 4. The maximum atomic E-state index is 11.3. The van der Waals surface area contributed by atoms with Crippen molar-refractivity contribution in [1.29, 1.82) is 0 Å². The van der Waals surface area contributed by atoms with Crippen molar-refractivity contribution in [2.75, 3.05) is 24.7 Å². The predicted molar refractivity (Wildman–Crippen MR) is 58.3 cm³/mol. The first-order valence-electron chi connectivity index (χ1n) is 4.68. The van der Waals surface area contributed by atoms with Crippen LogP contribution < -0.4 is 5.32 Å². The van der Waals surface area contributed by atoms with Crippen LogP contribution in [0.25, 0.3) is 0 Å². The van der Waals surface area contributed by atoms with Gasteiger partial charge in [0.25, 0.3) is 0 Å². The Kier molecular flexibility index (Phi) is 6.96. The van der Waals surface area contributed by atoms with Crippen LogP contribution in [0.5, 0.6) is 0 Å². The SMILES string of the molecule is CCSCCC(=O)NC(C)(CO)CO. The van der Waals surface area contributed by atoms with Crippen molar-refractivity contribution in [2.45, 2.75) is 25.8 Å². The first kappa shape index (κ1) is 13.7. The maximum absolute atomic E-state index is 11.3. The van der Waals surface area contributed by atoms with Crippen molar-refractivity contribution < 1.29 is 15.0 Å². The molecule has 0 aliphatic rings. The fraction of sp³-hybridized carbons (Fsp3) is 0.889. The number of thioether (sulfide) groups is 1. The Bertz CT molecular complexity index is 171. The summed E-state index contributed by atoms with van der Waals surface area (Å²) < 4.78 is 0. The molecule has 0 spiro atoms. The van der Waals surface area contributed by atoms with Gasteiger partial charge in [0.05, 0.1) is 18.8 Å². The molecule has 3 N–H and O–H groups in total. The molecule has 0 unspecified atom stereocenters. The number of carbonyl (C=O) groups is 1. The third-order valence-corrected chi connectivity index (χ3v) is 2.72. The quantitative estimate of drug-likeness (QED) is 0.529. The van der Waals surface area contributed by atoms with Crippen molar-refractivity contribution >= 4 is 17.7 Å². The first-order valence-corrected chi connectivity index (χ1v) is 5.84. The van der Waals surface area contributed by atoms with E-state index < -0.39 is 5.54 Å². The number of carbonyl (C=O) groups excluding carboxylic acids is 1. The van der Waals surface area contributed by atoms with Gasteiger partial charge in [-0.3, -0.25) is 4.79 Å². The van der Waals surface area contributed by atoms with Crippen LogP contribution in [0.1, 0.15) is 20.3 Å². The van der Waals surface area contributed by atoms with Gasteiger partial charge in [-0.1, -0.05) is 6.92 Å². The highest BCUT2D eigenvalue weighted by Crippen LogP contribution is 2.04. The van der Waals surface area contributed by atoms with Gasteiger partial charge in [0.15, 0.2) is 0 Å². The Labute approximate surface area is 89.1 Å². The Morgan fingerprint density at radius 2 is 2.00 bits per heavy atom. The fourth-order valence-corrected chi connectivity index (χ4v) is 1.46. The molecule has 1 amide bonds. The lowest BCUT2D eigenvalue weighted by atomic mass is 10.1. The van der Waals surface area contributed by atoms with E-state index in [1.165, 1.54) is 0 Å². The molecule has 0 saturated heterocycles. The second-order valence-electron chi connectivity index (χ2n) is 3.37. The minimum absolute atomic E-state index is 0.128. The van der Waals surface area contributed by atoms with Gasteiger partial charge in [-0.2, -0.15) is 11.8 Å². The number of aliphatic hydroxyl groups is 2. The van der Waals surface area contributed by atoms with Crippen molar-refractivity contribution in [3.05, 3.63) is 0 Å². The molecule has 0 radical (unpaired) electrons. The van der Waals surface area contributed by atoms with Crippen molar-refractivity contribution in [3.63, 3.8) is 0 Å². The van der Waals surface area contributed by atoms with E-state index in [0.29, 0.717) is 6.42 Å². The second kappa shape index (κ2) is 7.09. The molecular formula is C9H19NO3S. The van der Waals surface area contributed by atoms with Crippen molar-refractivity contribution in [1.82, 2.24) is 5.32 Å². The van der Waals surface area contributed by atoms with Crippen LogP contribution in [-0.2, 0) is 4.79 Å². The summed E-state index contributed by atoms with van der Waals surface area (Å²) in [6.07, 6.45) is 0.425. The number of nitrogens with one attached hydrogen (secondary N) is 1. The van der Waals surface area contributed by atoms with E-state index in [2.05, 4.69) is 5.32 Å². The Balaban J connectivity index is 3.80. The van der Waals surface area contributed by atoms with E-state index in [1.807, 2.05) is 6.92 Å². The van der Waals surface area contributed by atoms with Crippen LogP contribution in [0.3, 0.4) is 0 Å². The summed E-state index contributed by atoms with van der Waals surface area (Å²) in [4.78, 5) is 11.3. The number of aliphatic hydroxyl groups excluding tert-OH is 2. The van der Waals surface area contributed by atoms with Gasteiger partial charge in [0.2, 0.25) is 5.91 Å². The average molecular weight is 221 g/mol. The lowest BCUT2D eigenvalue weighted by Crippen LogP contribution is -2.51. The minimum Gasteiger partial charge on any atom is -0.394 e. The van der Waals surface area contributed by atoms with Crippen LogP contribution in [-0.4, -0.2) is 46.4 Å². The molecule has 0 saturated carbocycles. The second-order valence-corrected chi connectivity index (χ2v) is 4.77. The lowest BCUT2D eigenvalue weighted by Gasteiger charge is -2.26. The zero-order valence-electron chi connectivity index (χ0n) is 8.75. The molecular weight excluding hydrogens is 202 g/mol. The standard InChI is InChI=1S/C9H19NO3S/c1-3-14-5-4-8(13)10-9(2,6-11)7-12/h11-12H,3-7H2,1-2H3,(H,10,13). The summed E-state index contributed by atoms with van der Waals surface area (Å²) in [6.45, 7) is 3.14. The molecule has 0 atom stereocenters. The number of rotatable bonds is 7. The van der Waals surface area contributed by atoms with Crippen LogP contribution in [0.15, 0.2) is 0 Å². The Hall–Kier alpha value is -0.260. The maximum Gasteiger partial charge on any atom is 0.221 e. The Morgan fingerprint density at radius 3 is 2.43 bits per heavy atom. The molecule has 0 aliphatic carbocycles. The van der Waals surface area contributed by atoms with Gasteiger partial charge in [-0.25, -0.2) is 0 Å². The van der Waals surface area contributed by atoms with Crippen LogP contribution in [0.4, 0.5) is 0 Å². The molecule has 0 heterocycles. The summed E-state index contributed by atoms with van der Waals surface area (Å²) in [5.74, 6) is 1.64. The molecule has 0 aliphatic heterocycles. The predicted octanol–water partition coefficient (Wildman–Crippen LogP) is -0.0109. The summed E-state index contributed by atoms with van der Waals surface area (Å²) in [5, 5.41) is 20.5. The smallest absolute Gasteiger partial charge is 0.221 e. The molecule has 84 valence electrons. The monoisotopic (exact) mass is 221 g/mol. The third-order valence-electron chi connectivity index (χ3n) is 1.82. The molecule has 4 nitrogen and oxygen atoms in total. The van der Waals surface area contributed by atoms with Gasteiger partial charge < -0.3 is 15.5 Å². The van der Waals surface area contributed by atoms with Crippen molar-refractivity contribution in [3.8, 4) is 0 Å². The van der Waals surface area contributed by atoms with E-state index >= 15 is 0 Å². The fourth-order valence-electron chi connectivity index (χ4n) is 0.837. The molecule has 0 bridgehead atoms. The molecule has 0 aromatic carbocycles. The Morgan fingerprint density at radius 1 is 1.43 bits per heavy atom. The summed E-state index contributed by atoms with van der Waals surface area (Å²) in [7, 11) is 0. The summed E-state index contributed by atoms with van der Waals surface area (Å²) in [5.41, 5.74) is -0.895. The number of amides is 1. The third kappa shape index (κ3) is 5.47. The van der Waals surface area contributed by atoms with E-state index in [4.69, 9.17) is 10.2 Å². The van der Waals surface area contributed by atoms with E-state index in [9.17, 15) is 4.79 Å². The average Bonchev–Trinajstić information content (AvgIpc) is 2.18. The zero-order chi connectivity index (χ0) is 11.0. The van der Waals surface area contributed by atoms with E-state index in [0.717, 1.165) is 11.5 Å². The van der Waals surface area contributed by atoms with Gasteiger partial charge in [-0.05, 0) is 12.7 Å². The topological polar surface area (TPSA) is 69.6 Å². The summed E-state index contributed by atoms with van der Waals surface area (Å²) >= 11 is 1.69.